The van der Waals surface area contributed by atoms with Gasteiger partial charge in [-0.1, -0.05) is 6.07 Å². The number of aryl methyl sites for hydroxylation is 4. The van der Waals surface area contributed by atoms with E-state index in [-0.39, 0.29) is 11.4 Å². The molecule has 1 aromatic heterocycles. The van der Waals surface area contributed by atoms with E-state index in [1.165, 1.54) is 24.3 Å². The highest BCUT2D eigenvalue weighted by Gasteiger charge is 2.14. The van der Waals surface area contributed by atoms with E-state index in [1.807, 2.05) is 32.0 Å². The molecule has 9 heteroatoms. The molecule has 0 N–H and O–H groups in total. The molecule has 0 radical (unpaired) electrons. The van der Waals surface area contributed by atoms with Crippen molar-refractivity contribution in [2.75, 3.05) is 0 Å². The van der Waals surface area contributed by atoms with Crippen molar-refractivity contribution in [3.8, 4) is 0 Å². The van der Waals surface area contributed by atoms with Crippen LogP contribution in [0.25, 0.3) is 0 Å². The van der Waals surface area contributed by atoms with Crippen molar-refractivity contribution in [3.63, 3.8) is 0 Å². The van der Waals surface area contributed by atoms with Gasteiger partial charge in [-0.2, -0.15) is 0 Å². The van der Waals surface area contributed by atoms with Crippen LogP contribution in [-0.4, -0.2) is 26.3 Å². The lowest BCUT2D eigenvalue weighted by Gasteiger charge is -2.09. The Hall–Kier alpha value is -4.27. The van der Waals surface area contributed by atoms with E-state index < -0.39 is 9.85 Å². The van der Waals surface area contributed by atoms with E-state index >= 15 is 0 Å². The fraction of sp³-hybridized carbons (Fsp3) is 0.240. The molecule has 0 fully saturated rings. The quantitative estimate of drug-likeness (QED) is 0.239. The summed E-state index contributed by atoms with van der Waals surface area (Å²) in [5.41, 5.74) is 6.92. The molecule has 0 atom stereocenters. The molecule has 2 aromatic carbocycles. The van der Waals surface area contributed by atoms with Gasteiger partial charge in [0.15, 0.2) is 0 Å². The van der Waals surface area contributed by atoms with Gasteiger partial charge < -0.3 is 0 Å². The van der Waals surface area contributed by atoms with Crippen LogP contribution in [0.4, 0.5) is 22.7 Å². The van der Waals surface area contributed by atoms with Crippen LogP contribution < -0.4 is 0 Å². The topological polar surface area (TPSA) is 124 Å². The van der Waals surface area contributed by atoms with Crippen LogP contribution in [0, 0.1) is 47.9 Å². The third-order valence-corrected chi connectivity index (χ3v) is 5.42. The second kappa shape index (κ2) is 9.70. The molecule has 0 amide bonds. The van der Waals surface area contributed by atoms with Gasteiger partial charge in [0.1, 0.15) is 0 Å². The summed E-state index contributed by atoms with van der Waals surface area (Å²) < 4.78 is 0. The molecule has 0 bridgehead atoms. The van der Waals surface area contributed by atoms with Crippen molar-refractivity contribution in [3.05, 3.63) is 96.3 Å². The van der Waals surface area contributed by atoms with Crippen LogP contribution in [0.1, 0.15) is 47.5 Å². The Labute approximate surface area is 197 Å². The number of pyridine rings is 1. The van der Waals surface area contributed by atoms with Crippen LogP contribution in [0.3, 0.4) is 0 Å². The molecule has 0 aliphatic heterocycles. The van der Waals surface area contributed by atoms with Crippen LogP contribution in [0.5, 0.6) is 0 Å². The number of nitro benzene ring substituents is 2. The van der Waals surface area contributed by atoms with Crippen LogP contribution in [0.2, 0.25) is 0 Å². The molecule has 34 heavy (non-hydrogen) atoms. The number of rotatable bonds is 6. The summed E-state index contributed by atoms with van der Waals surface area (Å²) in [4.78, 5) is 35.5. The van der Waals surface area contributed by atoms with Gasteiger partial charge >= 0.3 is 0 Å². The number of aromatic nitrogens is 1. The summed E-state index contributed by atoms with van der Waals surface area (Å²) in [5, 5.41) is 22.2. The zero-order chi connectivity index (χ0) is 25.2. The Morgan fingerprint density at radius 2 is 1.03 bits per heavy atom. The van der Waals surface area contributed by atoms with Gasteiger partial charge in [0.05, 0.1) is 44.0 Å². The Bertz CT molecular complexity index is 1230. The lowest BCUT2D eigenvalue weighted by molar-refractivity contribution is -0.385. The van der Waals surface area contributed by atoms with Gasteiger partial charge in [0, 0.05) is 24.3 Å². The summed E-state index contributed by atoms with van der Waals surface area (Å²) in [7, 11) is 0. The van der Waals surface area contributed by atoms with E-state index in [0.29, 0.717) is 56.4 Å². The van der Waals surface area contributed by atoms with E-state index in [2.05, 4.69) is 0 Å². The molecule has 9 nitrogen and oxygen atoms in total. The fourth-order valence-electron chi connectivity index (χ4n) is 3.72. The lowest BCUT2D eigenvalue weighted by Crippen LogP contribution is -2.05. The maximum absolute atomic E-state index is 11.1. The summed E-state index contributed by atoms with van der Waals surface area (Å²) in [6.45, 7) is 10.8. The number of hydrogen-bond donors (Lipinski definition) is 0. The highest BCUT2D eigenvalue weighted by atomic mass is 16.6. The predicted molar refractivity (Wildman–Crippen MR) is 133 cm³/mol. The van der Waals surface area contributed by atoms with Crippen LogP contribution >= 0.6 is 0 Å². The predicted octanol–water partition coefficient (Wildman–Crippen LogP) is 6.41. The van der Waals surface area contributed by atoms with Crippen LogP contribution in [0.15, 0.2) is 52.4 Å². The first-order valence-electron chi connectivity index (χ1n) is 10.6. The van der Waals surface area contributed by atoms with Crippen molar-refractivity contribution < 1.29 is 9.85 Å². The van der Waals surface area contributed by atoms with E-state index in [4.69, 9.17) is 15.0 Å². The molecule has 0 saturated carbocycles. The first-order valence-corrected chi connectivity index (χ1v) is 10.6. The summed E-state index contributed by atoms with van der Waals surface area (Å²) in [5.74, 6) is 0. The minimum Gasteiger partial charge on any atom is -0.258 e. The molecular formula is C25H25N5O4. The summed E-state index contributed by atoms with van der Waals surface area (Å²) in [6.07, 6.45) is 0. The van der Waals surface area contributed by atoms with Crippen molar-refractivity contribution in [2.45, 2.75) is 41.5 Å². The molecule has 3 aromatic rings. The van der Waals surface area contributed by atoms with Gasteiger partial charge in [-0.15, -0.1) is 0 Å². The molecule has 0 spiro atoms. The highest BCUT2D eigenvalue weighted by Crippen LogP contribution is 2.30. The number of nitrogens with zero attached hydrogens (tertiary/aromatic N) is 5. The molecular weight excluding hydrogens is 434 g/mol. The van der Waals surface area contributed by atoms with Crippen molar-refractivity contribution in [1.82, 2.24) is 4.98 Å². The van der Waals surface area contributed by atoms with Gasteiger partial charge in [-0.25, -0.2) is 4.98 Å². The molecule has 1 heterocycles. The van der Waals surface area contributed by atoms with Crippen LogP contribution in [-0.2, 0) is 0 Å². The maximum atomic E-state index is 11.1. The second-order valence-corrected chi connectivity index (χ2v) is 8.17. The van der Waals surface area contributed by atoms with E-state index in [1.54, 1.807) is 27.7 Å². The maximum Gasteiger partial charge on any atom is 0.270 e. The van der Waals surface area contributed by atoms with Crippen molar-refractivity contribution in [2.24, 2.45) is 9.98 Å². The number of non-ortho nitro benzene ring substituents is 2. The number of hydrogen-bond acceptors (Lipinski definition) is 7. The Morgan fingerprint density at radius 1 is 0.706 bits per heavy atom. The molecule has 0 aliphatic carbocycles. The summed E-state index contributed by atoms with van der Waals surface area (Å²) in [6, 6.07) is 11.6. The monoisotopic (exact) mass is 459 g/mol. The molecule has 0 unspecified atom stereocenters. The Balaban J connectivity index is 1.98. The fourth-order valence-corrected chi connectivity index (χ4v) is 3.72. The minimum absolute atomic E-state index is 0.0374. The van der Waals surface area contributed by atoms with Gasteiger partial charge in [-0.05, 0) is 75.9 Å². The smallest absolute Gasteiger partial charge is 0.258 e. The average molecular weight is 460 g/mol. The molecule has 0 saturated heterocycles. The number of benzene rings is 2. The first kappa shape index (κ1) is 24.4. The Kier molecular flexibility index (Phi) is 6.95. The zero-order valence-electron chi connectivity index (χ0n) is 19.9. The standard InChI is InChI=1S/C25H25N5O4/c1-14-10-20(29(31)32)11-15(2)24(14)26-18(5)22-8-7-9-23(28-22)19(6)27-25-16(3)12-21(30(33)34)13-17(25)4/h7-13H,1-6H3/b26-18+,27-19+. The van der Waals surface area contributed by atoms with Crippen molar-refractivity contribution >= 4 is 34.2 Å². The first-order chi connectivity index (χ1) is 16.0. The number of nitro groups is 2. The number of aliphatic imine (C=N–C) groups is 2. The van der Waals surface area contributed by atoms with Crippen molar-refractivity contribution in [1.29, 1.82) is 0 Å². The lowest BCUT2D eigenvalue weighted by atomic mass is 10.1. The van der Waals surface area contributed by atoms with E-state index in [0.717, 1.165) is 0 Å². The third-order valence-electron chi connectivity index (χ3n) is 5.42. The Morgan fingerprint density at radius 3 is 1.32 bits per heavy atom. The van der Waals surface area contributed by atoms with E-state index in [9.17, 15) is 20.2 Å². The highest BCUT2D eigenvalue weighted by molar-refractivity contribution is 6.02. The molecule has 174 valence electrons. The minimum atomic E-state index is -0.415. The summed E-state index contributed by atoms with van der Waals surface area (Å²) >= 11 is 0. The normalized spacial score (nSPS) is 12.1. The van der Waals surface area contributed by atoms with Gasteiger partial charge in [0.2, 0.25) is 0 Å². The molecule has 0 aliphatic rings. The zero-order valence-corrected chi connectivity index (χ0v) is 19.9. The molecule has 3 rings (SSSR count). The van der Waals surface area contributed by atoms with Gasteiger partial charge in [0.25, 0.3) is 11.4 Å². The third kappa shape index (κ3) is 5.20. The average Bonchev–Trinajstić information content (AvgIpc) is 2.78. The second-order valence-electron chi connectivity index (χ2n) is 8.17. The largest absolute Gasteiger partial charge is 0.270 e. The SMILES string of the molecule is C/C(=N\c1c(C)cc([N+](=O)[O-])cc1C)c1cccc(/C(C)=N/c2c(C)cc([N+](=O)[O-])cc2C)n1. The van der Waals surface area contributed by atoms with Gasteiger partial charge in [-0.3, -0.25) is 30.2 Å².